The molecule has 0 saturated carbocycles. The molecule has 1 aliphatic carbocycles. The van der Waals surface area contributed by atoms with E-state index in [0.29, 0.717) is 6.54 Å². The van der Waals surface area contributed by atoms with Gasteiger partial charge in [-0.2, -0.15) is 0 Å². The van der Waals surface area contributed by atoms with Gasteiger partial charge in [0.15, 0.2) is 0 Å². The van der Waals surface area contributed by atoms with Crippen molar-refractivity contribution in [3.05, 3.63) is 76.0 Å². The second-order valence-electron chi connectivity index (χ2n) is 10.9. The van der Waals surface area contributed by atoms with Gasteiger partial charge in [-0.1, -0.05) is 60.1 Å². The number of likely N-dealkylation sites (tertiary alicyclic amines) is 1. The summed E-state index contributed by atoms with van der Waals surface area (Å²) >= 11 is 3.59. The Morgan fingerprint density at radius 3 is 2.46 bits per heavy atom. The molecule has 1 unspecified atom stereocenters. The average molecular weight is 587 g/mol. The Labute approximate surface area is 235 Å². The maximum atomic E-state index is 13.3. The van der Waals surface area contributed by atoms with Gasteiger partial charge in [-0.3, -0.25) is 4.79 Å². The summed E-state index contributed by atoms with van der Waals surface area (Å²) in [6.45, 7) is 4.22. The van der Waals surface area contributed by atoms with E-state index < -0.39 is 12.1 Å². The monoisotopic (exact) mass is 585 g/mol. The molecule has 200 valence electrons. The third-order valence-corrected chi connectivity index (χ3v) is 8.51. The number of amides is 2. The van der Waals surface area contributed by atoms with E-state index in [9.17, 15) is 14.7 Å². The molecule has 1 saturated heterocycles. The number of aromatic amines is 1. The standard InChI is InChI=1S/C31H31BrN4O3/c1-17(2)28(35-31(38)39)30(37)36-13-3-4-27(36)29-33-25-12-8-19(16-26(25)34-29)18-7-10-23-20(14-18)5-6-21-15-22(32)9-11-24(21)23/h7-12,14-17,27-28,35H,3-6,13H2,1-2H3,(H,33,34)(H,38,39)/p-1/t27-,28?/m0/s1. The molecule has 2 heterocycles. The molecular weight excluding hydrogens is 556 g/mol. The first kappa shape index (κ1) is 25.6. The van der Waals surface area contributed by atoms with Crippen molar-refractivity contribution in [1.29, 1.82) is 0 Å². The van der Waals surface area contributed by atoms with Crippen molar-refractivity contribution < 1.29 is 14.7 Å². The fourth-order valence-corrected chi connectivity index (χ4v) is 6.45. The molecule has 8 heteroatoms. The molecule has 0 spiro atoms. The zero-order valence-corrected chi connectivity index (χ0v) is 23.5. The number of nitrogens with one attached hydrogen (secondary N) is 2. The molecule has 6 rings (SSSR count). The summed E-state index contributed by atoms with van der Waals surface area (Å²) in [5.41, 5.74) is 9.39. The summed E-state index contributed by atoms with van der Waals surface area (Å²) in [6, 6.07) is 18.4. The number of hydrogen-bond acceptors (Lipinski definition) is 4. The Balaban J connectivity index is 1.28. The predicted octanol–water partition coefficient (Wildman–Crippen LogP) is 5.38. The Morgan fingerprint density at radius 1 is 1.03 bits per heavy atom. The first-order valence-electron chi connectivity index (χ1n) is 13.5. The van der Waals surface area contributed by atoms with Crippen LogP contribution in [0.1, 0.15) is 49.7 Å². The number of aryl methyl sites for hydroxylation is 2. The van der Waals surface area contributed by atoms with Gasteiger partial charge in [-0.15, -0.1) is 0 Å². The highest BCUT2D eigenvalue weighted by molar-refractivity contribution is 9.10. The minimum Gasteiger partial charge on any atom is -0.530 e. The van der Waals surface area contributed by atoms with Gasteiger partial charge in [0.25, 0.3) is 0 Å². The van der Waals surface area contributed by atoms with E-state index in [2.05, 4.69) is 74.8 Å². The molecule has 39 heavy (non-hydrogen) atoms. The van der Waals surface area contributed by atoms with E-state index in [1.807, 2.05) is 19.9 Å². The summed E-state index contributed by atoms with van der Waals surface area (Å²) in [4.78, 5) is 34.5. The molecule has 0 bridgehead atoms. The zero-order chi connectivity index (χ0) is 27.3. The van der Waals surface area contributed by atoms with Crippen LogP contribution in [0.4, 0.5) is 4.79 Å². The lowest BCUT2D eigenvalue weighted by Gasteiger charge is -2.30. The van der Waals surface area contributed by atoms with Crippen molar-refractivity contribution in [3.63, 3.8) is 0 Å². The quantitative estimate of drug-likeness (QED) is 0.328. The maximum absolute atomic E-state index is 13.3. The zero-order valence-electron chi connectivity index (χ0n) is 22.0. The number of nitrogens with zero attached hydrogens (tertiary/aromatic N) is 2. The summed E-state index contributed by atoms with van der Waals surface area (Å²) < 4.78 is 1.12. The molecule has 1 aromatic heterocycles. The Morgan fingerprint density at radius 2 is 1.72 bits per heavy atom. The highest BCUT2D eigenvalue weighted by atomic mass is 79.9. The third kappa shape index (κ3) is 4.82. The normalized spacial score (nSPS) is 17.2. The van der Waals surface area contributed by atoms with Crippen molar-refractivity contribution in [2.24, 2.45) is 5.92 Å². The number of rotatable bonds is 5. The van der Waals surface area contributed by atoms with Crippen molar-refractivity contribution in [1.82, 2.24) is 20.2 Å². The number of carboxylic acid groups (broad SMARTS) is 1. The van der Waals surface area contributed by atoms with Gasteiger partial charge in [-0.25, -0.2) is 4.98 Å². The van der Waals surface area contributed by atoms with E-state index in [0.717, 1.165) is 58.1 Å². The second-order valence-corrected chi connectivity index (χ2v) is 11.8. The predicted molar refractivity (Wildman–Crippen MR) is 153 cm³/mol. The second kappa shape index (κ2) is 10.2. The first-order valence-corrected chi connectivity index (χ1v) is 14.3. The fourth-order valence-electron chi connectivity index (χ4n) is 6.04. The maximum Gasteiger partial charge on any atom is 0.245 e. The van der Waals surface area contributed by atoms with Gasteiger partial charge in [0.2, 0.25) is 5.91 Å². The van der Waals surface area contributed by atoms with Crippen molar-refractivity contribution in [2.75, 3.05) is 6.54 Å². The molecule has 2 atom stereocenters. The van der Waals surface area contributed by atoms with Crippen LogP contribution in [0, 0.1) is 5.92 Å². The van der Waals surface area contributed by atoms with Crippen molar-refractivity contribution in [2.45, 2.75) is 51.6 Å². The lowest BCUT2D eigenvalue weighted by molar-refractivity contribution is -0.252. The molecule has 1 fully saturated rings. The Bertz CT molecular complexity index is 1590. The van der Waals surface area contributed by atoms with E-state index in [1.54, 1.807) is 4.90 Å². The Kier molecular flexibility index (Phi) is 6.67. The van der Waals surface area contributed by atoms with Crippen LogP contribution in [-0.2, 0) is 17.6 Å². The highest BCUT2D eigenvalue weighted by Gasteiger charge is 2.36. The number of fused-ring (bicyclic) bond motifs is 4. The molecule has 3 aromatic carbocycles. The van der Waals surface area contributed by atoms with Crippen LogP contribution < -0.4 is 10.4 Å². The smallest absolute Gasteiger partial charge is 0.245 e. The van der Waals surface area contributed by atoms with Crippen LogP contribution in [0.3, 0.4) is 0 Å². The number of carbonyl (C=O) groups excluding carboxylic acids is 2. The van der Waals surface area contributed by atoms with Crippen LogP contribution in [0.5, 0.6) is 0 Å². The summed E-state index contributed by atoms with van der Waals surface area (Å²) in [5.74, 6) is 0.305. The van der Waals surface area contributed by atoms with Gasteiger partial charge in [-0.05, 0) is 89.2 Å². The van der Waals surface area contributed by atoms with Gasteiger partial charge in [0, 0.05) is 11.0 Å². The number of hydrogen-bond donors (Lipinski definition) is 2. The number of H-pyrrole nitrogens is 1. The van der Waals surface area contributed by atoms with Crippen molar-refractivity contribution >= 4 is 39.0 Å². The molecule has 2 N–H and O–H groups in total. The molecular formula is C31H30BrN4O3-. The molecule has 0 radical (unpaired) electrons. The number of aromatic nitrogens is 2. The van der Waals surface area contributed by atoms with Crippen LogP contribution >= 0.6 is 15.9 Å². The van der Waals surface area contributed by atoms with Crippen molar-refractivity contribution in [3.8, 4) is 22.3 Å². The third-order valence-electron chi connectivity index (χ3n) is 8.02. The molecule has 2 amide bonds. The van der Waals surface area contributed by atoms with E-state index in [1.165, 1.54) is 22.3 Å². The Hall–Kier alpha value is -3.65. The van der Waals surface area contributed by atoms with E-state index in [4.69, 9.17) is 4.98 Å². The topological polar surface area (TPSA) is 101 Å². The van der Waals surface area contributed by atoms with Gasteiger partial charge < -0.3 is 25.1 Å². The molecule has 4 aromatic rings. The SMILES string of the molecule is CC(C)C(NC(=O)[O-])C(=O)N1CCC[C@H]1c1nc2ccc(-c3ccc4c(c3)CCc3cc(Br)ccc3-4)cc2[nH]1. The summed E-state index contributed by atoms with van der Waals surface area (Å²) in [7, 11) is 0. The fraction of sp³-hybridized carbons (Fsp3) is 0.323. The lowest BCUT2D eigenvalue weighted by atomic mass is 9.84. The van der Waals surface area contributed by atoms with Gasteiger partial charge in [0.05, 0.1) is 17.1 Å². The largest absolute Gasteiger partial charge is 0.530 e. The summed E-state index contributed by atoms with van der Waals surface area (Å²) in [5, 5.41) is 13.5. The van der Waals surface area contributed by atoms with Gasteiger partial charge >= 0.3 is 0 Å². The molecule has 2 aliphatic rings. The molecule has 1 aliphatic heterocycles. The summed E-state index contributed by atoms with van der Waals surface area (Å²) in [6.07, 6.45) is 2.22. The number of halogens is 1. The molecule has 7 nitrogen and oxygen atoms in total. The highest BCUT2D eigenvalue weighted by Crippen LogP contribution is 2.38. The minimum absolute atomic E-state index is 0.193. The first-order chi connectivity index (χ1) is 18.8. The van der Waals surface area contributed by atoms with Crippen LogP contribution in [0.25, 0.3) is 33.3 Å². The van der Waals surface area contributed by atoms with E-state index in [-0.39, 0.29) is 17.9 Å². The number of imidazole rings is 1. The minimum atomic E-state index is -1.44. The average Bonchev–Trinajstić information content (AvgIpc) is 3.57. The van der Waals surface area contributed by atoms with Gasteiger partial charge in [0.1, 0.15) is 18.0 Å². The lowest BCUT2D eigenvalue weighted by Crippen LogP contribution is -2.54. The van der Waals surface area contributed by atoms with Crippen LogP contribution in [0.15, 0.2) is 59.1 Å². The van der Waals surface area contributed by atoms with Crippen LogP contribution in [-0.4, -0.2) is 39.5 Å². The number of carbonyl (C=O) groups is 2. The number of benzene rings is 3. The van der Waals surface area contributed by atoms with Crippen LogP contribution in [0.2, 0.25) is 0 Å². The van der Waals surface area contributed by atoms with E-state index >= 15 is 0 Å².